The van der Waals surface area contributed by atoms with Crippen LogP contribution >= 0.6 is 0 Å². The van der Waals surface area contributed by atoms with Crippen molar-refractivity contribution in [1.29, 1.82) is 0 Å². The Morgan fingerprint density at radius 1 is 1.56 bits per heavy atom. The van der Waals surface area contributed by atoms with Crippen molar-refractivity contribution in [3.05, 3.63) is 12.3 Å². The zero-order chi connectivity index (χ0) is 7.28. The molecular formula is C6H12O3. The van der Waals surface area contributed by atoms with Crippen LogP contribution in [0.25, 0.3) is 0 Å². The lowest BCUT2D eigenvalue weighted by Crippen LogP contribution is -2.08. The lowest BCUT2D eigenvalue weighted by molar-refractivity contribution is 0.122. The van der Waals surface area contributed by atoms with E-state index in [0.29, 0.717) is 6.42 Å². The molecule has 1 unspecified atom stereocenters. The van der Waals surface area contributed by atoms with E-state index in [1.165, 1.54) is 0 Å². The molecule has 0 aromatic carbocycles. The summed E-state index contributed by atoms with van der Waals surface area (Å²) in [6.45, 7) is 3.13. The van der Waals surface area contributed by atoms with Gasteiger partial charge in [0.2, 0.25) is 0 Å². The van der Waals surface area contributed by atoms with Gasteiger partial charge in [0.15, 0.2) is 0 Å². The Bertz CT molecular complexity index is 90.3. The molecule has 3 N–H and O–H groups in total. The SMILES string of the molecule is C=C(O)CC(O)CCO. The summed E-state index contributed by atoms with van der Waals surface area (Å²) in [4.78, 5) is 0. The van der Waals surface area contributed by atoms with Crippen molar-refractivity contribution >= 4 is 0 Å². The van der Waals surface area contributed by atoms with Crippen LogP contribution < -0.4 is 0 Å². The van der Waals surface area contributed by atoms with Crippen LogP contribution in [-0.2, 0) is 0 Å². The molecule has 0 heterocycles. The molecule has 0 rings (SSSR count). The summed E-state index contributed by atoms with van der Waals surface area (Å²) >= 11 is 0. The Balaban J connectivity index is 3.26. The third kappa shape index (κ3) is 5.33. The molecule has 1 atom stereocenters. The Morgan fingerprint density at radius 3 is 2.44 bits per heavy atom. The van der Waals surface area contributed by atoms with Crippen LogP contribution in [0.3, 0.4) is 0 Å². The van der Waals surface area contributed by atoms with Gasteiger partial charge in [0.25, 0.3) is 0 Å². The molecule has 0 saturated heterocycles. The minimum absolute atomic E-state index is 0.0454. The highest BCUT2D eigenvalue weighted by Crippen LogP contribution is 2.01. The number of rotatable bonds is 4. The molecule has 3 heteroatoms. The van der Waals surface area contributed by atoms with E-state index >= 15 is 0 Å². The second kappa shape index (κ2) is 4.35. The maximum Gasteiger partial charge on any atom is 0.0876 e. The van der Waals surface area contributed by atoms with Gasteiger partial charge >= 0.3 is 0 Å². The van der Waals surface area contributed by atoms with Crippen molar-refractivity contribution in [3.63, 3.8) is 0 Å². The van der Waals surface area contributed by atoms with E-state index in [4.69, 9.17) is 15.3 Å². The van der Waals surface area contributed by atoms with Crippen molar-refractivity contribution in [2.45, 2.75) is 18.9 Å². The van der Waals surface area contributed by atoms with Crippen LogP contribution in [0.2, 0.25) is 0 Å². The van der Waals surface area contributed by atoms with Crippen LogP contribution in [0.4, 0.5) is 0 Å². The number of hydrogen-bond donors (Lipinski definition) is 3. The molecular weight excluding hydrogens is 120 g/mol. The van der Waals surface area contributed by atoms with Crippen molar-refractivity contribution in [3.8, 4) is 0 Å². The van der Waals surface area contributed by atoms with E-state index < -0.39 is 6.10 Å². The Hall–Kier alpha value is -0.540. The van der Waals surface area contributed by atoms with Gasteiger partial charge in [-0.05, 0) is 6.42 Å². The molecule has 0 bridgehead atoms. The highest BCUT2D eigenvalue weighted by Gasteiger charge is 2.02. The Kier molecular flexibility index (Phi) is 4.09. The Morgan fingerprint density at radius 2 is 2.11 bits per heavy atom. The fraction of sp³-hybridized carbons (Fsp3) is 0.667. The van der Waals surface area contributed by atoms with Gasteiger partial charge in [0.1, 0.15) is 0 Å². The fourth-order valence-electron chi connectivity index (χ4n) is 0.523. The first kappa shape index (κ1) is 8.46. The summed E-state index contributed by atoms with van der Waals surface area (Å²) < 4.78 is 0. The first-order valence-electron chi connectivity index (χ1n) is 2.82. The summed E-state index contributed by atoms with van der Waals surface area (Å²) in [5.41, 5.74) is 0. The maximum atomic E-state index is 8.84. The largest absolute Gasteiger partial charge is 0.513 e. The molecule has 0 aliphatic heterocycles. The zero-order valence-electron chi connectivity index (χ0n) is 5.25. The van der Waals surface area contributed by atoms with Gasteiger partial charge in [-0.3, -0.25) is 0 Å². The smallest absolute Gasteiger partial charge is 0.0876 e. The van der Waals surface area contributed by atoms with Gasteiger partial charge < -0.3 is 15.3 Å². The standard InChI is InChI=1S/C6H12O3/c1-5(8)4-6(9)2-3-7/h6-9H,1-4H2. The number of hydrogen-bond acceptors (Lipinski definition) is 3. The molecule has 0 aromatic heterocycles. The number of aliphatic hydroxyl groups excluding tert-OH is 3. The highest BCUT2D eigenvalue weighted by molar-refractivity contribution is 4.81. The monoisotopic (exact) mass is 132 g/mol. The quantitative estimate of drug-likeness (QED) is 0.478. The van der Waals surface area contributed by atoms with E-state index in [2.05, 4.69) is 6.58 Å². The Labute approximate surface area is 54.3 Å². The van der Waals surface area contributed by atoms with Crippen molar-refractivity contribution in [1.82, 2.24) is 0 Å². The summed E-state index contributed by atoms with van der Waals surface area (Å²) in [5, 5.41) is 25.6. The maximum absolute atomic E-state index is 8.84. The topological polar surface area (TPSA) is 60.7 Å². The van der Waals surface area contributed by atoms with Crippen LogP contribution in [0.1, 0.15) is 12.8 Å². The van der Waals surface area contributed by atoms with E-state index in [-0.39, 0.29) is 18.8 Å². The minimum Gasteiger partial charge on any atom is -0.513 e. The predicted octanol–water partition coefficient (Wildman–Crippen LogP) is 0.191. The second-order valence-corrected chi connectivity index (χ2v) is 1.94. The third-order valence-electron chi connectivity index (χ3n) is 0.934. The molecule has 0 radical (unpaired) electrons. The molecule has 0 aromatic rings. The van der Waals surface area contributed by atoms with E-state index in [1.807, 2.05) is 0 Å². The van der Waals surface area contributed by atoms with Gasteiger partial charge in [-0.1, -0.05) is 6.58 Å². The molecule has 0 amide bonds. The molecule has 9 heavy (non-hydrogen) atoms. The molecule has 0 spiro atoms. The molecule has 3 nitrogen and oxygen atoms in total. The normalized spacial score (nSPS) is 13.1. The van der Waals surface area contributed by atoms with Crippen molar-refractivity contribution < 1.29 is 15.3 Å². The van der Waals surface area contributed by atoms with Crippen LogP contribution in [0.15, 0.2) is 12.3 Å². The summed E-state index contributed by atoms with van der Waals surface area (Å²) in [7, 11) is 0. The average Bonchev–Trinajstić information content (AvgIpc) is 1.63. The summed E-state index contributed by atoms with van der Waals surface area (Å²) in [6, 6.07) is 0. The first-order valence-corrected chi connectivity index (χ1v) is 2.82. The predicted molar refractivity (Wildman–Crippen MR) is 34.1 cm³/mol. The van der Waals surface area contributed by atoms with Gasteiger partial charge in [0, 0.05) is 13.0 Å². The highest BCUT2D eigenvalue weighted by atomic mass is 16.3. The van der Waals surface area contributed by atoms with E-state index in [0.717, 1.165) is 0 Å². The lowest BCUT2D eigenvalue weighted by atomic mass is 10.2. The average molecular weight is 132 g/mol. The fourth-order valence-corrected chi connectivity index (χ4v) is 0.523. The summed E-state index contributed by atoms with van der Waals surface area (Å²) in [5.74, 6) is -0.0454. The minimum atomic E-state index is -0.660. The van der Waals surface area contributed by atoms with Gasteiger partial charge in [0.05, 0.1) is 11.9 Å². The number of aliphatic hydroxyl groups is 3. The second-order valence-electron chi connectivity index (χ2n) is 1.94. The van der Waals surface area contributed by atoms with Crippen molar-refractivity contribution in [2.24, 2.45) is 0 Å². The van der Waals surface area contributed by atoms with Crippen molar-refractivity contribution in [2.75, 3.05) is 6.61 Å². The first-order chi connectivity index (χ1) is 4.16. The van der Waals surface area contributed by atoms with E-state index in [1.54, 1.807) is 0 Å². The molecule has 0 aliphatic carbocycles. The van der Waals surface area contributed by atoms with Crippen LogP contribution in [-0.4, -0.2) is 28.0 Å². The molecule has 0 fully saturated rings. The molecule has 0 saturated carbocycles. The zero-order valence-corrected chi connectivity index (χ0v) is 5.25. The molecule has 0 aliphatic rings. The van der Waals surface area contributed by atoms with Gasteiger partial charge in [-0.2, -0.15) is 0 Å². The van der Waals surface area contributed by atoms with Crippen LogP contribution in [0, 0.1) is 0 Å². The lowest BCUT2D eigenvalue weighted by Gasteiger charge is -2.05. The van der Waals surface area contributed by atoms with Gasteiger partial charge in [-0.15, -0.1) is 0 Å². The molecule has 54 valence electrons. The van der Waals surface area contributed by atoms with Crippen LogP contribution in [0.5, 0.6) is 0 Å². The van der Waals surface area contributed by atoms with E-state index in [9.17, 15) is 0 Å². The van der Waals surface area contributed by atoms with Gasteiger partial charge in [-0.25, -0.2) is 0 Å². The summed E-state index contributed by atoms with van der Waals surface area (Å²) in [6.07, 6.45) is -0.215. The third-order valence-corrected chi connectivity index (χ3v) is 0.934.